The van der Waals surface area contributed by atoms with Crippen LogP contribution in [0.4, 0.5) is 24.5 Å². The number of hydrogen-bond acceptors (Lipinski definition) is 5. The third-order valence-electron chi connectivity index (χ3n) is 8.04. The van der Waals surface area contributed by atoms with Gasteiger partial charge in [-0.05, 0) is 42.3 Å². The molecule has 1 aliphatic heterocycles. The number of ether oxygens (including phenoxy) is 1. The number of para-hydroxylation sites is 1. The Morgan fingerprint density at radius 3 is 2.09 bits per heavy atom. The van der Waals surface area contributed by atoms with Crippen LogP contribution in [0, 0.1) is 6.92 Å². The summed E-state index contributed by atoms with van der Waals surface area (Å²) in [5, 5.41) is 4.02. The van der Waals surface area contributed by atoms with Gasteiger partial charge in [-0.2, -0.15) is 13.2 Å². The minimum absolute atomic E-state index is 0.174. The van der Waals surface area contributed by atoms with Crippen LogP contribution in [0.3, 0.4) is 0 Å². The first-order chi connectivity index (χ1) is 21.3. The maximum atomic E-state index is 13.9. The zero-order valence-electron chi connectivity index (χ0n) is 24.6. The fourth-order valence-corrected chi connectivity index (χ4v) is 5.91. The van der Waals surface area contributed by atoms with Crippen molar-refractivity contribution >= 4 is 22.3 Å². The fourth-order valence-electron chi connectivity index (χ4n) is 5.91. The maximum absolute atomic E-state index is 13.9. The van der Waals surface area contributed by atoms with Crippen LogP contribution >= 0.6 is 0 Å². The van der Waals surface area contributed by atoms with Crippen LogP contribution in [-0.2, 0) is 6.18 Å². The van der Waals surface area contributed by atoms with Gasteiger partial charge in [0.15, 0.2) is 0 Å². The van der Waals surface area contributed by atoms with E-state index >= 15 is 0 Å². The summed E-state index contributed by atoms with van der Waals surface area (Å²) in [6.07, 6.45) is -4.50. The van der Waals surface area contributed by atoms with E-state index in [-0.39, 0.29) is 11.8 Å². The summed E-state index contributed by atoms with van der Waals surface area (Å²) in [4.78, 5) is 9.33. The van der Waals surface area contributed by atoms with E-state index in [1.54, 1.807) is 6.07 Å². The van der Waals surface area contributed by atoms with Crippen molar-refractivity contribution in [2.24, 2.45) is 0 Å². The van der Waals surface area contributed by atoms with Crippen molar-refractivity contribution in [1.29, 1.82) is 0 Å². The minimum Gasteiger partial charge on any atom is -0.492 e. The van der Waals surface area contributed by atoms with Crippen LogP contribution < -0.4 is 10.1 Å². The Kier molecular flexibility index (Phi) is 8.82. The van der Waals surface area contributed by atoms with E-state index in [2.05, 4.69) is 68.6 Å². The van der Waals surface area contributed by atoms with Crippen molar-refractivity contribution in [3.63, 3.8) is 0 Å². The molecule has 5 nitrogen and oxygen atoms in total. The minimum atomic E-state index is -4.50. The number of aryl methyl sites for hydroxylation is 1. The third kappa shape index (κ3) is 7.04. The van der Waals surface area contributed by atoms with Gasteiger partial charge in [0, 0.05) is 61.2 Å². The number of anilines is 2. The van der Waals surface area contributed by atoms with Crippen LogP contribution in [0.2, 0.25) is 0 Å². The van der Waals surface area contributed by atoms with E-state index in [0.717, 1.165) is 54.9 Å². The Balaban J connectivity index is 1.11. The second-order valence-electron chi connectivity index (χ2n) is 11.1. The van der Waals surface area contributed by atoms with Gasteiger partial charge in [-0.15, -0.1) is 0 Å². The first-order valence-corrected chi connectivity index (χ1v) is 14.9. The second-order valence-corrected chi connectivity index (χ2v) is 11.1. The molecule has 1 aromatic heterocycles. The van der Waals surface area contributed by atoms with Crippen molar-refractivity contribution in [2.45, 2.75) is 19.1 Å². The number of aromatic nitrogens is 1. The molecule has 0 amide bonds. The molecule has 0 aliphatic carbocycles. The number of benzene rings is 4. The largest absolute Gasteiger partial charge is 0.492 e. The molecule has 0 radical (unpaired) electrons. The molecular weight excluding hydrogens is 561 g/mol. The summed E-state index contributed by atoms with van der Waals surface area (Å²) >= 11 is 0. The molecule has 4 aromatic carbocycles. The predicted octanol–water partition coefficient (Wildman–Crippen LogP) is 8.09. The van der Waals surface area contributed by atoms with E-state index in [1.807, 2.05) is 49.4 Å². The number of halogens is 3. The standard InChI is InChI=1S/C36H35F3N4O/c1-26-22-34(32-14-8-9-15-33(32)40-26)41-30-23-29(36(37,38)39)24-31(25-30)44-21-20-42-16-18-43(19-17-42)35(27-10-4-2-5-11-27)28-12-6-3-7-13-28/h2-15,22-25,35H,16-21H2,1H3,(H,40,41). The zero-order chi connectivity index (χ0) is 30.5. The Hall–Kier alpha value is -4.40. The maximum Gasteiger partial charge on any atom is 0.416 e. The lowest BCUT2D eigenvalue weighted by Gasteiger charge is -2.39. The van der Waals surface area contributed by atoms with Gasteiger partial charge in [0.05, 0.1) is 17.1 Å². The van der Waals surface area contributed by atoms with Crippen molar-refractivity contribution in [2.75, 3.05) is 44.6 Å². The molecular formula is C36H35F3N4O. The molecule has 1 fully saturated rings. The summed E-state index contributed by atoms with van der Waals surface area (Å²) in [5.74, 6) is 0.185. The third-order valence-corrected chi connectivity index (χ3v) is 8.04. The SMILES string of the molecule is Cc1cc(Nc2cc(OCCN3CCN(C(c4ccccc4)c4ccccc4)CC3)cc(C(F)(F)F)c2)c2ccccc2n1. The van der Waals surface area contributed by atoms with Crippen LogP contribution in [0.5, 0.6) is 5.75 Å². The first-order valence-electron chi connectivity index (χ1n) is 14.9. The summed E-state index contributed by atoms with van der Waals surface area (Å²) in [7, 11) is 0. The van der Waals surface area contributed by atoms with Gasteiger partial charge >= 0.3 is 6.18 Å². The van der Waals surface area contributed by atoms with Gasteiger partial charge in [0.2, 0.25) is 0 Å². The smallest absolute Gasteiger partial charge is 0.416 e. The first kappa shape index (κ1) is 29.7. The van der Waals surface area contributed by atoms with E-state index in [1.165, 1.54) is 11.1 Å². The summed E-state index contributed by atoms with van der Waals surface area (Å²) in [6, 6.07) is 34.5. The van der Waals surface area contributed by atoms with Crippen LogP contribution in [0.25, 0.3) is 10.9 Å². The van der Waals surface area contributed by atoms with Gasteiger partial charge < -0.3 is 10.1 Å². The summed E-state index contributed by atoms with van der Waals surface area (Å²) in [6.45, 7) is 6.24. The van der Waals surface area contributed by atoms with Crippen molar-refractivity contribution in [3.8, 4) is 5.75 Å². The van der Waals surface area contributed by atoms with Gasteiger partial charge in [-0.3, -0.25) is 14.8 Å². The molecule has 0 atom stereocenters. The number of nitrogens with zero attached hydrogens (tertiary/aromatic N) is 3. The monoisotopic (exact) mass is 596 g/mol. The molecule has 226 valence electrons. The molecule has 1 aliphatic rings. The molecule has 1 saturated heterocycles. The molecule has 0 bridgehead atoms. The number of pyridine rings is 1. The highest BCUT2D eigenvalue weighted by Gasteiger charge is 2.32. The molecule has 1 N–H and O–H groups in total. The highest BCUT2D eigenvalue weighted by atomic mass is 19.4. The Labute approximate surface area is 255 Å². The molecule has 0 spiro atoms. The Bertz CT molecular complexity index is 1650. The van der Waals surface area contributed by atoms with E-state index < -0.39 is 11.7 Å². The number of fused-ring (bicyclic) bond motifs is 1. The molecule has 0 saturated carbocycles. The summed E-state index contributed by atoms with van der Waals surface area (Å²) < 4.78 is 47.5. The van der Waals surface area contributed by atoms with Crippen molar-refractivity contribution < 1.29 is 17.9 Å². The lowest BCUT2D eigenvalue weighted by atomic mass is 9.96. The van der Waals surface area contributed by atoms with Crippen molar-refractivity contribution in [1.82, 2.24) is 14.8 Å². The van der Waals surface area contributed by atoms with Gasteiger partial charge in [0.1, 0.15) is 12.4 Å². The number of nitrogens with one attached hydrogen (secondary N) is 1. The average molecular weight is 597 g/mol. The van der Waals surface area contributed by atoms with Crippen LogP contribution in [-0.4, -0.2) is 54.1 Å². The fraction of sp³-hybridized carbons (Fsp3) is 0.250. The van der Waals surface area contributed by atoms with Crippen LogP contribution in [0.1, 0.15) is 28.4 Å². The lowest BCUT2D eigenvalue weighted by Crippen LogP contribution is -2.48. The molecule has 5 aromatic rings. The predicted molar refractivity (Wildman–Crippen MR) is 169 cm³/mol. The quantitative estimate of drug-likeness (QED) is 0.186. The number of rotatable bonds is 9. The van der Waals surface area contributed by atoms with Gasteiger partial charge in [-0.25, -0.2) is 0 Å². The summed E-state index contributed by atoms with van der Waals surface area (Å²) in [5.41, 5.74) is 4.33. The number of piperazine rings is 1. The number of hydrogen-bond donors (Lipinski definition) is 1. The lowest BCUT2D eigenvalue weighted by molar-refractivity contribution is -0.137. The average Bonchev–Trinajstić information content (AvgIpc) is 3.02. The van der Waals surface area contributed by atoms with E-state index in [0.29, 0.717) is 24.5 Å². The van der Waals surface area contributed by atoms with E-state index in [9.17, 15) is 13.2 Å². The molecule has 8 heteroatoms. The Morgan fingerprint density at radius 2 is 1.43 bits per heavy atom. The molecule has 0 unspecified atom stereocenters. The number of alkyl halides is 3. The van der Waals surface area contributed by atoms with Gasteiger partial charge in [0.25, 0.3) is 0 Å². The normalized spacial score (nSPS) is 14.7. The van der Waals surface area contributed by atoms with Crippen LogP contribution in [0.15, 0.2) is 109 Å². The van der Waals surface area contributed by atoms with Gasteiger partial charge in [-0.1, -0.05) is 78.9 Å². The molecule has 6 rings (SSSR count). The second kappa shape index (κ2) is 13.1. The highest BCUT2D eigenvalue weighted by Crippen LogP contribution is 2.36. The highest BCUT2D eigenvalue weighted by molar-refractivity contribution is 5.93. The molecule has 2 heterocycles. The van der Waals surface area contributed by atoms with E-state index in [4.69, 9.17) is 4.74 Å². The van der Waals surface area contributed by atoms with Crippen molar-refractivity contribution in [3.05, 3.63) is 132 Å². The zero-order valence-corrected chi connectivity index (χ0v) is 24.6. The topological polar surface area (TPSA) is 40.6 Å². The molecule has 44 heavy (non-hydrogen) atoms. The Morgan fingerprint density at radius 1 is 0.795 bits per heavy atom.